The second kappa shape index (κ2) is 8.13. The van der Waals surface area contributed by atoms with Gasteiger partial charge in [0.05, 0.1) is 30.6 Å². The number of hydrogen-bond acceptors (Lipinski definition) is 7. The van der Waals surface area contributed by atoms with E-state index in [1.807, 2.05) is 20.9 Å². The van der Waals surface area contributed by atoms with Crippen LogP contribution in [0.5, 0.6) is 5.75 Å². The monoisotopic (exact) mass is 518 g/mol. The normalized spacial score (nSPS) is 18.8. The molecule has 2 aliphatic rings. The van der Waals surface area contributed by atoms with Crippen LogP contribution in [0.3, 0.4) is 0 Å². The summed E-state index contributed by atoms with van der Waals surface area (Å²) in [5.74, 6) is -2.04. The van der Waals surface area contributed by atoms with Crippen molar-refractivity contribution in [2.24, 2.45) is 7.05 Å². The molecule has 2 aliphatic heterocycles. The Morgan fingerprint density at radius 1 is 1.16 bits per heavy atom. The number of pyridine rings is 1. The number of aryl methyl sites for hydroxylation is 2. The van der Waals surface area contributed by atoms with Crippen molar-refractivity contribution in [3.05, 3.63) is 64.4 Å². The van der Waals surface area contributed by atoms with E-state index in [4.69, 9.17) is 14.1 Å². The van der Waals surface area contributed by atoms with Crippen molar-refractivity contribution in [2.75, 3.05) is 13.7 Å². The van der Waals surface area contributed by atoms with E-state index in [0.29, 0.717) is 22.4 Å². The van der Waals surface area contributed by atoms with E-state index >= 15 is 0 Å². The summed E-state index contributed by atoms with van der Waals surface area (Å²) in [7, 11) is 3.17. The van der Waals surface area contributed by atoms with Gasteiger partial charge in [-0.2, -0.15) is 5.10 Å². The van der Waals surface area contributed by atoms with Crippen molar-refractivity contribution >= 4 is 28.9 Å². The van der Waals surface area contributed by atoms with Crippen LogP contribution >= 0.6 is 0 Å². The molecule has 2 N–H and O–H groups in total. The number of nitrogens with one attached hydrogen (secondary N) is 2. The highest BCUT2D eigenvalue weighted by atomic mass is 19.1. The Labute approximate surface area is 215 Å². The van der Waals surface area contributed by atoms with Gasteiger partial charge in [0, 0.05) is 30.9 Å². The summed E-state index contributed by atoms with van der Waals surface area (Å²) in [5, 5.41) is 9.30. The first-order valence-corrected chi connectivity index (χ1v) is 11.8. The molecule has 1 saturated heterocycles. The fraction of sp³-hybridized carbons (Fsp3) is 0.269. The molecule has 1 aromatic carbocycles. The lowest BCUT2D eigenvalue weighted by molar-refractivity contribution is -0.125. The predicted molar refractivity (Wildman–Crippen MR) is 132 cm³/mol. The molecule has 0 spiro atoms. The van der Waals surface area contributed by atoms with Gasteiger partial charge in [-0.1, -0.05) is 6.07 Å². The molecular weight excluding hydrogens is 495 g/mol. The number of benzene rings is 1. The molecule has 38 heavy (non-hydrogen) atoms. The Bertz CT molecular complexity index is 1690. The van der Waals surface area contributed by atoms with Crippen LogP contribution < -0.4 is 15.4 Å². The Morgan fingerprint density at radius 2 is 1.95 bits per heavy atom. The van der Waals surface area contributed by atoms with Crippen LogP contribution in [0.25, 0.3) is 22.4 Å². The molecule has 1 atom stereocenters. The van der Waals surface area contributed by atoms with Crippen molar-refractivity contribution in [3.63, 3.8) is 0 Å². The lowest BCUT2D eigenvalue weighted by atomic mass is 9.95. The molecule has 0 aliphatic carbocycles. The quantitative estimate of drug-likeness (QED) is 0.388. The lowest BCUT2D eigenvalue weighted by Gasteiger charge is -2.28. The van der Waals surface area contributed by atoms with E-state index in [1.165, 1.54) is 18.1 Å². The Kier molecular flexibility index (Phi) is 5.06. The molecule has 3 aromatic heterocycles. The molecule has 1 fully saturated rings. The minimum Gasteiger partial charge on any atom is -0.494 e. The first-order valence-electron chi connectivity index (χ1n) is 11.8. The molecule has 0 saturated carbocycles. The summed E-state index contributed by atoms with van der Waals surface area (Å²) >= 11 is 0. The largest absolute Gasteiger partial charge is 0.494 e. The summed E-state index contributed by atoms with van der Waals surface area (Å²) in [6.07, 6.45) is 0. The van der Waals surface area contributed by atoms with Gasteiger partial charge in [-0.15, -0.1) is 0 Å². The Morgan fingerprint density at radius 3 is 2.61 bits per heavy atom. The topological polar surface area (TPSA) is 132 Å². The van der Waals surface area contributed by atoms with Crippen molar-refractivity contribution < 1.29 is 27.9 Å². The maximum Gasteiger partial charge on any atom is 0.322 e. The van der Waals surface area contributed by atoms with Crippen LogP contribution in [0.1, 0.15) is 33.1 Å². The van der Waals surface area contributed by atoms with Gasteiger partial charge in [0.25, 0.3) is 11.8 Å². The zero-order valence-corrected chi connectivity index (χ0v) is 21.0. The van der Waals surface area contributed by atoms with Gasteiger partial charge in [0.15, 0.2) is 22.7 Å². The van der Waals surface area contributed by atoms with Crippen molar-refractivity contribution in [2.45, 2.75) is 25.9 Å². The highest BCUT2D eigenvalue weighted by molar-refractivity contribution is 6.08. The number of carbonyl (C=O) groups excluding carboxylic acids is 3. The maximum absolute atomic E-state index is 14.9. The zero-order chi connectivity index (χ0) is 26.9. The molecule has 5 heterocycles. The van der Waals surface area contributed by atoms with Crippen LogP contribution in [0.2, 0.25) is 0 Å². The van der Waals surface area contributed by atoms with E-state index in [2.05, 4.69) is 15.7 Å². The molecule has 4 aromatic rings. The number of urea groups is 1. The molecule has 11 nitrogen and oxygen atoms in total. The van der Waals surface area contributed by atoms with Crippen LogP contribution in [-0.2, 0) is 23.9 Å². The van der Waals surface area contributed by atoms with Crippen LogP contribution in [0, 0.1) is 19.7 Å². The number of halogens is 1. The van der Waals surface area contributed by atoms with Crippen molar-refractivity contribution in [3.8, 4) is 17.0 Å². The van der Waals surface area contributed by atoms with Crippen LogP contribution in [0.4, 0.5) is 9.18 Å². The number of carbonyl (C=O) groups is 3. The first kappa shape index (κ1) is 23.6. The minimum atomic E-state index is -1.74. The standard InChI is InChI=1S/C26H23FN6O5/c1-12-20(13(2)32(3)31-12)15-6-8-17-16(28-15)9-19(38-17)26(24(35)29-25(36)30-26)11-33-10-14-5-7-18(37-4)22(27)21(14)23(33)34/h5-9H,10-11H2,1-4H3,(H2,29,30,35,36). The highest BCUT2D eigenvalue weighted by Gasteiger charge is 2.53. The summed E-state index contributed by atoms with van der Waals surface area (Å²) in [6.45, 7) is 3.60. The highest BCUT2D eigenvalue weighted by Crippen LogP contribution is 2.36. The number of ether oxygens (including phenoxy) is 1. The third kappa shape index (κ3) is 3.29. The first-order chi connectivity index (χ1) is 18.1. The van der Waals surface area contributed by atoms with E-state index in [0.717, 1.165) is 17.0 Å². The van der Waals surface area contributed by atoms with E-state index < -0.39 is 29.2 Å². The van der Waals surface area contributed by atoms with Gasteiger partial charge >= 0.3 is 6.03 Å². The Balaban J connectivity index is 1.40. The number of fused-ring (bicyclic) bond motifs is 2. The van der Waals surface area contributed by atoms with E-state index in [-0.39, 0.29) is 30.2 Å². The van der Waals surface area contributed by atoms with Gasteiger partial charge in [-0.3, -0.25) is 19.6 Å². The average molecular weight is 519 g/mol. The smallest absolute Gasteiger partial charge is 0.322 e. The molecule has 194 valence electrons. The second-order valence-electron chi connectivity index (χ2n) is 9.45. The number of furan rings is 1. The third-order valence-corrected chi connectivity index (χ3v) is 7.20. The third-order valence-electron chi connectivity index (χ3n) is 7.20. The molecule has 0 bridgehead atoms. The summed E-state index contributed by atoms with van der Waals surface area (Å²) in [4.78, 5) is 44.7. The summed E-state index contributed by atoms with van der Waals surface area (Å²) in [5.41, 5.74) is 2.75. The van der Waals surface area contributed by atoms with Crippen molar-refractivity contribution in [1.29, 1.82) is 0 Å². The fourth-order valence-corrected chi connectivity index (χ4v) is 5.24. The molecular formula is C26H23FN6O5. The Hall–Kier alpha value is -4.74. The second-order valence-corrected chi connectivity index (χ2v) is 9.45. The van der Waals surface area contributed by atoms with E-state index in [1.54, 1.807) is 28.9 Å². The molecule has 0 radical (unpaired) electrons. The van der Waals surface area contributed by atoms with Crippen molar-refractivity contribution in [1.82, 2.24) is 30.3 Å². The number of hydrogen-bond donors (Lipinski definition) is 2. The van der Waals surface area contributed by atoms with Gasteiger partial charge in [0.2, 0.25) is 0 Å². The predicted octanol–water partition coefficient (Wildman–Crippen LogP) is 2.68. The SMILES string of the molecule is COc1ccc2c(c1F)C(=O)N(CC1(c3cc4nc(-c5c(C)nn(C)c5C)ccc4o3)NC(=O)NC1=O)C2. The number of nitrogens with zero attached hydrogens (tertiary/aromatic N) is 4. The molecule has 4 amide bonds. The van der Waals surface area contributed by atoms with Gasteiger partial charge in [-0.25, -0.2) is 14.2 Å². The van der Waals surface area contributed by atoms with Crippen LogP contribution in [0.15, 0.2) is 34.7 Å². The number of methoxy groups -OCH3 is 1. The number of imide groups is 1. The summed E-state index contributed by atoms with van der Waals surface area (Å²) < 4.78 is 27.7. The number of aromatic nitrogens is 3. The lowest BCUT2D eigenvalue weighted by Crippen LogP contribution is -2.52. The zero-order valence-electron chi connectivity index (χ0n) is 21.0. The van der Waals surface area contributed by atoms with Gasteiger partial charge in [0.1, 0.15) is 11.3 Å². The minimum absolute atomic E-state index is 0.0438. The number of rotatable bonds is 5. The summed E-state index contributed by atoms with van der Waals surface area (Å²) in [6, 6.07) is 7.41. The van der Waals surface area contributed by atoms with Crippen LogP contribution in [-0.4, -0.2) is 51.2 Å². The molecule has 6 rings (SSSR count). The molecule has 12 heteroatoms. The molecule has 1 unspecified atom stereocenters. The van der Waals surface area contributed by atoms with Gasteiger partial charge in [-0.05, 0) is 37.6 Å². The van der Waals surface area contributed by atoms with E-state index in [9.17, 15) is 18.8 Å². The average Bonchev–Trinajstić information content (AvgIpc) is 3.58. The number of amides is 4. The fourth-order valence-electron chi connectivity index (χ4n) is 5.24. The van der Waals surface area contributed by atoms with Gasteiger partial charge < -0.3 is 19.4 Å². The maximum atomic E-state index is 14.9.